The third-order valence-corrected chi connectivity index (χ3v) is 5.26. The molecule has 0 saturated heterocycles. The van der Waals surface area contributed by atoms with Crippen LogP contribution in [0.1, 0.15) is 76.3 Å². The first-order valence-electron chi connectivity index (χ1n) is 10.2. The summed E-state index contributed by atoms with van der Waals surface area (Å²) in [4.78, 5) is 26.4. The number of aliphatic hydroxyl groups excluding tert-OH is 1. The van der Waals surface area contributed by atoms with Gasteiger partial charge in [-0.1, -0.05) is 17.2 Å². The number of benzene rings is 2. The van der Waals surface area contributed by atoms with E-state index in [-0.39, 0.29) is 5.91 Å². The number of rotatable bonds is 2. The highest BCUT2D eigenvalue weighted by Crippen LogP contribution is 2.36. The highest BCUT2D eigenvalue weighted by molar-refractivity contribution is 6.00. The van der Waals surface area contributed by atoms with E-state index in [1.54, 1.807) is 19.1 Å². The second-order valence-corrected chi connectivity index (χ2v) is 8.93. The Morgan fingerprint density at radius 2 is 1.73 bits per heavy atom. The van der Waals surface area contributed by atoms with Crippen molar-refractivity contribution < 1.29 is 19.4 Å². The van der Waals surface area contributed by atoms with Crippen LogP contribution in [-0.4, -0.2) is 34.1 Å². The van der Waals surface area contributed by atoms with E-state index < -0.39 is 17.6 Å². The maximum atomic E-state index is 13.3. The molecule has 1 atom stereocenters. The number of aryl methyl sites for hydroxylation is 2. The van der Waals surface area contributed by atoms with Crippen molar-refractivity contribution in [2.24, 2.45) is 0 Å². The lowest BCUT2D eigenvalue weighted by Gasteiger charge is -2.36. The molecule has 2 aromatic rings. The Kier molecular flexibility index (Phi) is 5.90. The van der Waals surface area contributed by atoms with Crippen LogP contribution in [0, 0.1) is 20.8 Å². The van der Waals surface area contributed by atoms with Gasteiger partial charge in [0.05, 0.1) is 18.2 Å². The highest BCUT2D eigenvalue weighted by Gasteiger charge is 2.31. The quantitative estimate of drug-likeness (QED) is 0.733. The number of hydrogen-bond donors (Lipinski definition) is 2. The van der Waals surface area contributed by atoms with Gasteiger partial charge in [-0.25, -0.2) is 5.01 Å². The standard InChI is InChI=1S/C24H30N2O4/c1-14-11-15(2)13-17(12-14)23(29)26(24(4,5)6)25-22(28)18-7-8-20-21(16(18)3)19(27)9-10-30-20/h7-8,11-13,19,27H,9-10H2,1-6H3,(H,25,28). The summed E-state index contributed by atoms with van der Waals surface area (Å²) in [6.45, 7) is 11.7. The number of ether oxygens (including phenoxy) is 1. The zero-order valence-corrected chi connectivity index (χ0v) is 18.5. The second-order valence-electron chi connectivity index (χ2n) is 8.93. The van der Waals surface area contributed by atoms with E-state index in [1.807, 2.05) is 52.8 Å². The number of carbonyl (C=O) groups is 2. The van der Waals surface area contributed by atoms with Gasteiger partial charge < -0.3 is 9.84 Å². The van der Waals surface area contributed by atoms with Crippen molar-refractivity contribution in [3.05, 3.63) is 63.7 Å². The zero-order valence-electron chi connectivity index (χ0n) is 18.5. The number of carbonyl (C=O) groups excluding carboxylic acids is 2. The molecule has 0 spiro atoms. The topological polar surface area (TPSA) is 78.9 Å². The summed E-state index contributed by atoms with van der Waals surface area (Å²) in [6.07, 6.45) is -0.185. The number of fused-ring (bicyclic) bond motifs is 1. The van der Waals surface area contributed by atoms with Gasteiger partial charge in [-0.2, -0.15) is 0 Å². The zero-order chi connectivity index (χ0) is 22.2. The molecule has 0 saturated carbocycles. The number of aliphatic hydroxyl groups is 1. The summed E-state index contributed by atoms with van der Waals surface area (Å²) in [5.41, 5.74) is 6.34. The van der Waals surface area contributed by atoms with Gasteiger partial charge in [0.1, 0.15) is 5.75 Å². The van der Waals surface area contributed by atoms with Crippen molar-refractivity contribution >= 4 is 11.8 Å². The Morgan fingerprint density at radius 3 is 2.33 bits per heavy atom. The van der Waals surface area contributed by atoms with Crippen molar-refractivity contribution in [2.45, 2.75) is 59.6 Å². The van der Waals surface area contributed by atoms with Crippen molar-refractivity contribution in [3.8, 4) is 5.75 Å². The van der Waals surface area contributed by atoms with E-state index in [2.05, 4.69) is 5.43 Å². The number of nitrogens with zero attached hydrogens (tertiary/aromatic N) is 1. The van der Waals surface area contributed by atoms with Crippen LogP contribution < -0.4 is 10.2 Å². The van der Waals surface area contributed by atoms with Gasteiger partial charge in [0.25, 0.3) is 11.8 Å². The minimum absolute atomic E-state index is 0.276. The molecule has 1 unspecified atom stereocenters. The average Bonchev–Trinajstić information content (AvgIpc) is 2.64. The molecule has 0 aliphatic carbocycles. The predicted octanol–water partition coefficient (Wildman–Crippen LogP) is 4.01. The summed E-state index contributed by atoms with van der Waals surface area (Å²) < 4.78 is 5.61. The molecule has 2 N–H and O–H groups in total. The monoisotopic (exact) mass is 410 g/mol. The van der Waals surface area contributed by atoms with Gasteiger partial charge in [0, 0.05) is 23.1 Å². The van der Waals surface area contributed by atoms with E-state index in [0.29, 0.717) is 41.0 Å². The number of hydrazine groups is 1. The lowest BCUT2D eigenvalue weighted by molar-refractivity contribution is 0.0357. The molecule has 2 aromatic carbocycles. The fourth-order valence-corrected chi connectivity index (χ4v) is 3.83. The van der Waals surface area contributed by atoms with Crippen LogP contribution in [0.15, 0.2) is 30.3 Å². The van der Waals surface area contributed by atoms with E-state index in [9.17, 15) is 14.7 Å². The summed E-state index contributed by atoms with van der Waals surface area (Å²) in [7, 11) is 0. The van der Waals surface area contributed by atoms with Gasteiger partial charge in [-0.15, -0.1) is 0 Å². The smallest absolute Gasteiger partial charge is 0.272 e. The third-order valence-electron chi connectivity index (χ3n) is 5.26. The minimum Gasteiger partial charge on any atom is -0.493 e. The van der Waals surface area contributed by atoms with Crippen LogP contribution in [-0.2, 0) is 0 Å². The van der Waals surface area contributed by atoms with Gasteiger partial charge >= 0.3 is 0 Å². The average molecular weight is 411 g/mol. The summed E-state index contributed by atoms with van der Waals surface area (Å²) in [5, 5.41) is 11.7. The molecule has 1 aliphatic heterocycles. The molecule has 0 bridgehead atoms. The fraction of sp³-hybridized carbons (Fsp3) is 0.417. The van der Waals surface area contributed by atoms with E-state index in [1.165, 1.54) is 5.01 Å². The molecule has 30 heavy (non-hydrogen) atoms. The molecule has 6 nitrogen and oxygen atoms in total. The molecule has 2 amide bonds. The Balaban J connectivity index is 1.94. The molecular formula is C24H30N2O4. The molecule has 0 fully saturated rings. The first-order chi connectivity index (χ1) is 14.0. The van der Waals surface area contributed by atoms with Crippen molar-refractivity contribution in [1.82, 2.24) is 10.4 Å². The Hall–Kier alpha value is -2.86. The second kappa shape index (κ2) is 8.11. The maximum absolute atomic E-state index is 13.3. The maximum Gasteiger partial charge on any atom is 0.272 e. The van der Waals surface area contributed by atoms with Crippen molar-refractivity contribution in [2.75, 3.05) is 6.61 Å². The molecule has 3 rings (SSSR count). The van der Waals surface area contributed by atoms with E-state index in [4.69, 9.17) is 4.74 Å². The Labute approximate surface area is 177 Å². The molecule has 1 heterocycles. The SMILES string of the molecule is Cc1cc(C)cc(C(=O)N(NC(=O)c2ccc3c(c2C)C(O)CCO3)C(C)(C)C)c1. The van der Waals surface area contributed by atoms with Crippen molar-refractivity contribution in [3.63, 3.8) is 0 Å². The lowest BCUT2D eigenvalue weighted by Crippen LogP contribution is -2.56. The third kappa shape index (κ3) is 4.33. The Morgan fingerprint density at radius 1 is 1.10 bits per heavy atom. The van der Waals surface area contributed by atoms with Gasteiger partial charge in [0.2, 0.25) is 0 Å². The van der Waals surface area contributed by atoms with Crippen LogP contribution in [0.5, 0.6) is 5.75 Å². The molecule has 6 heteroatoms. The normalized spacial score (nSPS) is 15.8. The van der Waals surface area contributed by atoms with Gasteiger partial charge in [-0.05, 0) is 71.4 Å². The molecule has 1 aliphatic rings. The summed E-state index contributed by atoms with van der Waals surface area (Å²) in [5.74, 6) is -0.0795. The van der Waals surface area contributed by atoms with Crippen LogP contribution in [0.2, 0.25) is 0 Å². The van der Waals surface area contributed by atoms with Crippen LogP contribution in [0.3, 0.4) is 0 Å². The summed E-state index contributed by atoms with van der Waals surface area (Å²) >= 11 is 0. The minimum atomic E-state index is -0.669. The highest BCUT2D eigenvalue weighted by atomic mass is 16.5. The van der Waals surface area contributed by atoms with Crippen LogP contribution in [0.4, 0.5) is 0 Å². The van der Waals surface area contributed by atoms with Crippen molar-refractivity contribution in [1.29, 1.82) is 0 Å². The fourth-order valence-electron chi connectivity index (χ4n) is 3.83. The summed E-state index contributed by atoms with van der Waals surface area (Å²) in [6, 6.07) is 9.01. The molecule has 160 valence electrons. The largest absolute Gasteiger partial charge is 0.493 e. The lowest BCUT2D eigenvalue weighted by atomic mass is 9.94. The van der Waals surface area contributed by atoms with Crippen LogP contribution in [0.25, 0.3) is 0 Å². The van der Waals surface area contributed by atoms with E-state index >= 15 is 0 Å². The molecular weight excluding hydrogens is 380 g/mol. The number of nitrogens with one attached hydrogen (secondary N) is 1. The van der Waals surface area contributed by atoms with E-state index in [0.717, 1.165) is 11.1 Å². The molecule has 0 aromatic heterocycles. The van der Waals surface area contributed by atoms with Crippen LogP contribution >= 0.6 is 0 Å². The number of amides is 2. The predicted molar refractivity (Wildman–Crippen MR) is 116 cm³/mol. The van der Waals surface area contributed by atoms with Gasteiger partial charge in [0.15, 0.2) is 0 Å². The molecule has 0 radical (unpaired) electrons. The number of hydrogen-bond acceptors (Lipinski definition) is 4. The van der Waals surface area contributed by atoms with Gasteiger partial charge in [-0.3, -0.25) is 15.0 Å². The Bertz CT molecular complexity index is 971. The first kappa shape index (κ1) is 21.8. The first-order valence-corrected chi connectivity index (χ1v) is 10.2.